The van der Waals surface area contributed by atoms with Gasteiger partial charge in [0.05, 0.1) is 0 Å². The van der Waals surface area contributed by atoms with E-state index in [9.17, 15) is 14.0 Å². The molecule has 2 aromatic rings. The number of aromatic carboxylic acids is 1. The van der Waals surface area contributed by atoms with E-state index in [-0.39, 0.29) is 17.2 Å². The minimum atomic E-state index is -1.20. The van der Waals surface area contributed by atoms with E-state index in [1.165, 1.54) is 36.4 Å². The van der Waals surface area contributed by atoms with Crippen LogP contribution in [0.1, 0.15) is 10.5 Å². The highest BCUT2D eigenvalue weighted by atomic mass is 19.1. The van der Waals surface area contributed by atoms with Crippen molar-refractivity contribution in [2.75, 3.05) is 10.6 Å². The van der Waals surface area contributed by atoms with Crippen LogP contribution < -0.4 is 10.6 Å². The maximum absolute atomic E-state index is 12.9. The van der Waals surface area contributed by atoms with Gasteiger partial charge in [0.1, 0.15) is 11.6 Å². The SMILES string of the molecule is O=C(Nc1cccc(F)c1)Nc1cccc(C(=O)O)n1. The van der Waals surface area contributed by atoms with Crippen molar-refractivity contribution >= 4 is 23.5 Å². The molecule has 1 heterocycles. The van der Waals surface area contributed by atoms with Crippen molar-refractivity contribution in [1.82, 2.24) is 4.98 Å². The van der Waals surface area contributed by atoms with E-state index in [1.54, 1.807) is 0 Å². The molecule has 0 atom stereocenters. The second kappa shape index (κ2) is 5.79. The molecule has 0 spiro atoms. The number of halogens is 1. The molecule has 1 aromatic heterocycles. The number of amides is 2. The molecule has 1 aromatic carbocycles. The number of carboxylic acids is 1. The third kappa shape index (κ3) is 3.52. The summed E-state index contributed by atoms with van der Waals surface area (Å²) in [4.78, 5) is 26.1. The van der Waals surface area contributed by atoms with Crippen LogP contribution in [0.25, 0.3) is 0 Å². The fraction of sp³-hybridized carbons (Fsp3) is 0. The second-order valence-electron chi connectivity index (χ2n) is 3.80. The first kappa shape index (κ1) is 13.5. The van der Waals surface area contributed by atoms with Gasteiger partial charge in [-0.15, -0.1) is 0 Å². The Bertz CT molecular complexity index is 661. The zero-order valence-corrected chi connectivity index (χ0v) is 10.1. The molecule has 20 heavy (non-hydrogen) atoms. The molecule has 0 unspecified atom stereocenters. The summed E-state index contributed by atoms with van der Waals surface area (Å²) in [6.45, 7) is 0. The molecule has 6 nitrogen and oxygen atoms in total. The minimum absolute atomic E-state index is 0.0822. The van der Waals surface area contributed by atoms with Gasteiger partial charge in [-0.1, -0.05) is 12.1 Å². The normalized spacial score (nSPS) is 9.85. The van der Waals surface area contributed by atoms with Crippen molar-refractivity contribution in [1.29, 1.82) is 0 Å². The Kier molecular flexibility index (Phi) is 3.90. The number of anilines is 2. The van der Waals surface area contributed by atoms with Gasteiger partial charge < -0.3 is 10.4 Å². The Hall–Kier alpha value is -2.96. The van der Waals surface area contributed by atoms with Gasteiger partial charge in [0.15, 0.2) is 5.69 Å². The fourth-order valence-electron chi connectivity index (χ4n) is 1.47. The molecule has 0 radical (unpaired) electrons. The lowest BCUT2D eigenvalue weighted by Crippen LogP contribution is -2.20. The molecular formula is C13H10FN3O3. The first-order chi connectivity index (χ1) is 9.54. The van der Waals surface area contributed by atoms with Crippen LogP contribution in [0.3, 0.4) is 0 Å². The number of rotatable bonds is 3. The lowest BCUT2D eigenvalue weighted by molar-refractivity contribution is 0.0690. The summed E-state index contributed by atoms with van der Waals surface area (Å²) in [5.41, 5.74) is 0.0884. The van der Waals surface area contributed by atoms with Crippen molar-refractivity contribution in [2.45, 2.75) is 0 Å². The second-order valence-corrected chi connectivity index (χ2v) is 3.80. The van der Waals surface area contributed by atoms with E-state index in [1.807, 2.05) is 0 Å². The van der Waals surface area contributed by atoms with E-state index >= 15 is 0 Å². The number of benzene rings is 1. The molecule has 2 rings (SSSR count). The summed E-state index contributed by atoms with van der Waals surface area (Å²) in [5, 5.41) is 13.5. The van der Waals surface area contributed by atoms with E-state index < -0.39 is 17.8 Å². The highest BCUT2D eigenvalue weighted by Crippen LogP contribution is 2.10. The van der Waals surface area contributed by atoms with E-state index in [0.717, 1.165) is 6.07 Å². The highest BCUT2D eigenvalue weighted by molar-refractivity contribution is 5.99. The Morgan fingerprint density at radius 1 is 1.10 bits per heavy atom. The first-order valence-electron chi connectivity index (χ1n) is 5.58. The van der Waals surface area contributed by atoms with Gasteiger partial charge in [-0.2, -0.15) is 0 Å². The van der Waals surface area contributed by atoms with Gasteiger partial charge in [0.25, 0.3) is 0 Å². The zero-order valence-electron chi connectivity index (χ0n) is 10.1. The van der Waals surface area contributed by atoms with Crippen LogP contribution in [0.5, 0.6) is 0 Å². The number of carboxylic acid groups (broad SMARTS) is 1. The van der Waals surface area contributed by atoms with Crippen molar-refractivity contribution in [3.05, 3.63) is 54.0 Å². The topological polar surface area (TPSA) is 91.3 Å². The van der Waals surface area contributed by atoms with Crippen LogP contribution in [0.2, 0.25) is 0 Å². The quantitative estimate of drug-likeness (QED) is 0.802. The molecule has 0 aliphatic carbocycles. The summed E-state index contributed by atoms with van der Waals surface area (Å²) >= 11 is 0. The molecule has 0 aliphatic heterocycles. The van der Waals surface area contributed by atoms with E-state index in [4.69, 9.17) is 5.11 Å². The van der Waals surface area contributed by atoms with E-state index in [0.29, 0.717) is 0 Å². The lowest BCUT2D eigenvalue weighted by Gasteiger charge is -2.07. The van der Waals surface area contributed by atoms with Gasteiger partial charge in [-0.3, -0.25) is 5.32 Å². The number of carbonyl (C=O) groups is 2. The Balaban J connectivity index is 2.04. The van der Waals surface area contributed by atoms with Gasteiger partial charge in [-0.25, -0.2) is 19.0 Å². The van der Waals surface area contributed by atoms with Crippen molar-refractivity contribution in [3.8, 4) is 0 Å². The number of hydrogen-bond donors (Lipinski definition) is 3. The van der Waals surface area contributed by atoms with Crippen molar-refractivity contribution < 1.29 is 19.1 Å². The summed E-state index contributed by atoms with van der Waals surface area (Å²) in [6, 6.07) is 8.93. The zero-order chi connectivity index (χ0) is 14.5. The Morgan fingerprint density at radius 3 is 2.55 bits per heavy atom. The van der Waals surface area contributed by atoms with Gasteiger partial charge in [0, 0.05) is 5.69 Å². The van der Waals surface area contributed by atoms with Crippen LogP contribution in [0.15, 0.2) is 42.5 Å². The average molecular weight is 275 g/mol. The summed E-state index contributed by atoms with van der Waals surface area (Å²) < 4.78 is 12.9. The monoisotopic (exact) mass is 275 g/mol. The van der Waals surface area contributed by atoms with Gasteiger partial charge >= 0.3 is 12.0 Å². The fourth-order valence-corrected chi connectivity index (χ4v) is 1.47. The van der Waals surface area contributed by atoms with E-state index in [2.05, 4.69) is 15.6 Å². The predicted molar refractivity (Wildman–Crippen MR) is 70.2 cm³/mol. The maximum atomic E-state index is 12.9. The molecule has 2 amide bonds. The van der Waals surface area contributed by atoms with Crippen molar-refractivity contribution in [2.24, 2.45) is 0 Å². The minimum Gasteiger partial charge on any atom is -0.477 e. The third-order valence-electron chi connectivity index (χ3n) is 2.29. The number of nitrogens with zero attached hydrogens (tertiary/aromatic N) is 1. The highest BCUT2D eigenvalue weighted by Gasteiger charge is 2.08. The molecule has 0 saturated carbocycles. The number of hydrogen-bond acceptors (Lipinski definition) is 3. The number of aromatic nitrogens is 1. The molecule has 0 saturated heterocycles. The molecule has 102 valence electrons. The first-order valence-corrected chi connectivity index (χ1v) is 5.58. The lowest BCUT2D eigenvalue weighted by atomic mass is 10.3. The van der Waals surface area contributed by atoms with Crippen molar-refractivity contribution in [3.63, 3.8) is 0 Å². The van der Waals surface area contributed by atoms with Crippen LogP contribution in [-0.2, 0) is 0 Å². The summed E-state index contributed by atoms with van der Waals surface area (Å²) in [5.74, 6) is -1.59. The average Bonchev–Trinajstić information content (AvgIpc) is 2.38. The van der Waals surface area contributed by atoms with Gasteiger partial charge in [-0.05, 0) is 30.3 Å². The molecule has 3 N–H and O–H groups in total. The standard InChI is InChI=1S/C13H10FN3O3/c14-8-3-1-4-9(7-8)15-13(20)17-11-6-2-5-10(16-11)12(18)19/h1-7H,(H,18,19)(H2,15,16,17,20). The van der Waals surface area contributed by atoms with Crippen LogP contribution in [0, 0.1) is 5.82 Å². The van der Waals surface area contributed by atoms with Crippen LogP contribution >= 0.6 is 0 Å². The maximum Gasteiger partial charge on any atom is 0.354 e. The summed E-state index contributed by atoms with van der Waals surface area (Å²) in [6.07, 6.45) is 0. The third-order valence-corrected chi connectivity index (χ3v) is 2.29. The largest absolute Gasteiger partial charge is 0.477 e. The van der Waals surface area contributed by atoms with Gasteiger partial charge in [0.2, 0.25) is 0 Å². The molecule has 0 fully saturated rings. The molecule has 7 heteroatoms. The number of pyridine rings is 1. The molecule has 0 bridgehead atoms. The Labute approximate surface area is 113 Å². The number of nitrogens with one attached hydrogen (secondary N) is 2. The Morgan fingerprint density at radius 2 is 1.85 bits per heavy atom. The van der Waals surface area contributed by atoms with Crippen LogP contribution in [-0.4, -0.2) is 22.1 Å². The predicted octanol–water partition coefficient (Wildman–Crippen LogP) is 2.56. The summed E-state index contributed by atoms with van der Waals surface area (Å²) in [7, 11) is 0. The smallest absolute Gasteiger partial charge is 0.354 e. The molecular weight excluding hydrogens is 265 g/mol. The number of urea groups is 1. The van der Waals surface area contributed by atoms with Crippen LogP contribution in [0.4, 0.5) is 20.7 Å². The number of carbonyl (C=O) groups excluding carboxylic acids is 1. The molecule has 0 aliphatic rings.